The molecule has 27 heavy (non-hydrogen) atoms. The van der Waals surface area contributed by atoms with Crippen LogP contribution in [-0.4, -0.2) is 55.4 Å². The Morgan fingerprint density at radius 2 is 2.07 bits per heavy atom. The third kappa shape index (κ3) is 3.88. The van der Waals surface area contributed by atoms with E-state index in [-0.39, 0.29) is 6.17 Å². The molecule has 1 atom stereocenters. The van der Waals surface area contributed by atoms with E-state index in [1.807, 2.05) is 48.8 Å². The number of ether oxygens (including phenoxy) is 2. The quantitative estimate of drug-likeness (QED) is 0.899. The molecule has 2 aliphatic heterocycles. The van der Waals surface area contributed by atoms with Gasteiger partial charge in [0.05, 0.1) is 26.0 Å². The van der Waals surface area contributed by atoms with E-state index in [9.17, 15) is 0 Å². The first kappa shape index (κ1) is 17.4. The zero-order valence-electron chi connectivity index (χ0n) is 15.3. The van der Waals surface area contributed by atoms with Crippen molar-refractivity contribution in [1.82, 2.24) is 9.88 Å². The van der Waals surface area contributed by atoms with Crippen LogP contribution in [0.25, 0.3) is 0 Å². The number of guanidine groups is 1. The lowest BCUT2D eigenvalue weighted by Gasteiger charge is -2.41. The van der Waals surface area contributed by atoms with E-state index >= 15 is 0 Å². The van der Waals surface area contributed by atoms with Gasteiger partial charge in [0, 0.05) is 43.4 Å². The summed E-state index contributed by atoms with van der Waals surface area (Å²) in [5.74, 6) is 1.71. The fourth-order valence-corrected chi connectivity index (χ4v) is 3.23. The number of hydrogen-bond donors (Lipinski definition) is 1. The van der Waals surface area contributed by atoms with Crippen molar-refractivity contribution in [2.45, 2.75) is 6.17 Å². The van der Waals surface area contributed by atoms with Crippen LogP contribution in [0, 0.1) is 0 Å². The Kier molecular flexibility index (Phi) is 5.20. The van der Waals surface area contributed by atoms with Crippen LogP contribution in [0.4, 0.5) is 11.4 Å². The number of methoxy groups -OCH3 is 1. The van der Waals surface area contributed by atoms with Gasteiger partial charge in [0.2, 0.25) is 5.96 Å². The summed E-state index contributed by atoms with van der Waals surface area (Å²) in [6.45, 7) is 3.03. The second-order valence-electron chi connectivity index (χ2n) is 6.27. The molecule has 1 N–H and O–H groups in total. The number of rotatable bonds is 4. The smallest absolute Gasteiger partial charge is 0.207 e. The van der Waals surface area contributed by atoms with Gasteiger partial charge in [0.1, 0.15) is 11.9 Å². The number of anilines is 2. The second kappa shape index (κ2) is 8.09. The maximum Gasteiger partial charge on any atom is 0.207 e. The van der Waals surface area contributed by atoms with Crippen LogP contribution >= 0.6 is 0 Å². The minimum absolute atomic E-state index is 0.100. The molecule has 0 amide bonds. The van der Waals surface area contributed by atoms with Crippen LogP contribution in [0.5, 0.6) is 5.75 Å². The van der Waals surface area contributed by atoms with Crippen molar-refractivity contribution in [3.05, 3.63) is 61.1 Å². The van der Waals surface area contributed by atoms with E-state index in [0.29, 0.717) is 13.2 Å². The van der Waals surface area contributed by atoms with Crippen molar-refractivity contribution < 1.29 is 9.47 Å². The average molecular weight is 365 g/mol. The Balaban J connectivity index is 1.69. The molecule has 1 aromatic heterocycles. The fraction of sp³-hybridized carbons (Fsp3) is 0.300. The Morgan fingerprint density at radius 3 is 2.85 bits per heavy atom. The van der Waals surface area contributed by atoms with Crippen molar-refractivity contribution in [3.8, 4) is 5.75 Å². The van der Waals surface area contributed by atoms with E-state index in [0.717, 1.165) is 36.2 Å². The molecule has 7 nitrogen and oxygen atoms in total. The van der Waals surface area contributed by atoms with Gasteiger partial charge in [0.15, 0.2) is 0 Å². The summed E-state index contributed by atoms with van der Waals surface area (Å²) >= 11 is 0. The Morgan fingerprint density at radius 1 is 1.19 bits per heavy atom. The normalized spacial score (nSPS) is 19.6. The first-order valence-corrected chi connectivity index (χ1v) is 9.02. The van der Waals surface area contributed by atoms with Gasteiger partial charge in [-0.25, -0.2) is 4.99 Å². The molecule has 2 aromatic rings. The summed E-state index contributed by atoms with van der Waals surface area (Å²) in [5.41, 5.74) is 1.95. The number of aliphatic imine (C=N–C) groups is 1. The average Bonchev–Trinajstić information content (AvgIpc) is 2.75. The summed E-state index contributed by atoms with van der Waals surface area (Å²) in [6, 6.07) is 11.9. The minimum atomic E-state index is -0.100. The molecular weight excluding hydrogens is 342 g/mol. The molecule has 0 aliphatic carbocycles. The third-order valence-electron chi connectivity index (χ3n) is 4.55. The highest BCUT2D eigenvalue weighted by atomic mass is 16.5. The molecule has 0 saturated carbocycles. The van der Waals surface area contributed by atoms with E-state index in [1.165, 1.54) is 0 Å². The Labute approximate surface area is 158 Å². The monoisotopic (exact) mass is 365 g/mol. The van der Waals surface area contributed by atoms with Crippen molar-refractivity contribution in [1.29, 1.82) is 0 Å². The van der Waals surface area contributed by atoms with Gasteiger partial charge < -0.3 is 19.7 Å². The lowest BCUT2D eigenvalue weighted by Crippen LogP contribution is -2.55. The summed E-state index contributed by atoms with van der Waals surface area (Å²) < 4.78 is 10.9. The largest absolute Gasteiger partial charge is 0.497 e. The van der Waals surface area contributed by atoms with Gasteiger partial charge in [-0.1, -0.05) is 6.07 Å². The number of aromatic nitrogens is 1. The molecule has 0 radical (unpaired) electrons. The Hall–Kier alpha value is -3.06. The molecule has 0 spiro atoms. The van der Waals surface area contributed by atoms with Gasteiger partial charge in [-0.15, -0.1) is 0 Å². The predicted octanol–water partition coefficient (Wildman–Crippen LogP) is 2.55. The van der Waals surface area contributed by atoms with Gasteiger partial charge in [-0.2, -0.15) is 0 Å². The molecule has 0 bridgehead atoms. The van der Waals surface area contributed by atoms with Crippen molar-refractivity contribution in [2.75, 3.05) is 43.6 Å². The number of morpholine rings is 1. The molecule has 140 valence electrons. The molecule has 1 aromatic carbocycles. The van der Waals surface area contributed by atoms with Crippen LogP contribution in [-0.2, 0) is 4.74 Å². The molecule has 3 heterocycles. The maximum absolute atomic E-state index is 5.51. The Bertz CT molecular complexity index is 818. The summed E-state index contributed by atoms with van der Waals surface area (Å²) in [7, 11) is 1.68. The second-order valence-corrected chi connectivity index (χ2v) is 6.27. The van der Waals surface area contributed by atoms with E-state index < -0.39 is 0 Å². The number of nitrogens with one attached hydrogen (secondary N) is 1. The number of hydrogen-bond acceptors (Lipinski definition) is 7. The lowest BCUT2D eigenvalue weighted by atomic mass is 10.2. The third-order valence-corrected chi connectivity index (χ3v) is 4.55. The molecule has 1 saturated heterocycles. The molecular formula is C20H23N5O2. The van der Waals surface area contributed by atoms with Crippen LogP contribution in [0.3, 0.4) is 0 Å². The van der Waals surface area contributed by atoms with Gasteiger partial charge in [-0.3, -0.25) is 9.88 Å². The topological polar surface area (TPSA) is 62.2 Å². The van der Waals surface area contributed by atoms with Crippen LogP contribution < -0.4 is 15.0 Å². The highest BCUT2D eigenvalue weighted by Crippen LogP contribution is 2.27. The first-order valence-electron chi connectivity index (χ1n) is 9.02. The van der Waals surface area contributed by atoms with Crippen molar-refractivity contribution in [3.63, 3.8) is 0 Å². The summed E-state index contributed by atoms with van der Waals surface area (Å²) in [4.78, 5) is 13.3. The summed E-state index contributed by atoms with van der Waals surface area (Å²) in [6.07, 6.45) is 7.38. The standard InChI is InChI=1S/C20H23N5O2/c1-26-18-6-2-5-17(14-18)25-19(23-16-4-3-8-21-15-16)7-9-22-20(25)24-10-12-27-13-11-24/h2-9,14-15,19,23H,10-13H2,1H3. The van der Waals surface area contributed by atoms with Gasteiger partial charge >= 0.3 is 0 Å². The predicted molar refractivity (Wildman–Crippen MR) is 106 cm³/mol. The lowest BCUT2D eigenvalue weighted by molar-refractivity contribution is 0.0671. The van der Waals surface area contributed by atoms with E-state index in [2.05, 4.69) is 26.2 Å². The maximum atomic E-state index is 5.51. The van der Waals surface area contributed by atoms with E-state index in [4.69, 9.17) is 14.5 Å². The van der Waals surface area contributed by atoms with E-state index in [1.54, 1.807) is 13.3 Å². The highest BCUT2D eigenvalue weighted by molar-refractivity contribution is 5.98. The zero-order valence-corrected chi connectivity index (χ0v) is 15.3. The molecule has 7 heteroatoms. The van der Waals surface area contributed by atoms with Gasteiger partial charge in [0.25, 0.3) is 0 Å². The van der Waals surface area contributed by atoms with Crippen LogP contribution in [0.2, 0.25) is 0 Å². The first-order chi connectivity index (χ1) is 13.3. The molecule has 1 fully saturated rings. The van der Waals surface area contributed by atoms with Crippen LogP contribution in [0.15, 0.2) is 66.1 Å². The molecule has 4 rings (SSSR count). The number of pyridine rings is 1. The molecule has 1 unspecified atom stereocenters. The molecule has 2 aliphatic rings. The summed E-state index contributed by atoms with van der Waals surface area (Å²) in [5, 5.41) is 3.53. The number of nitrogens with zero attached hydrogens (tertiary/aromatic N) is 4. The minimum Gasteiger partial charge on any atom is -0.497 e. The SMILES string of the molecule is COc1cccc(N2C(N3CCOCC3)=NC=CC2Nc2cccnc2)c1. The van der Waals surface area contributed by atoms with Crippen LogP contribution in [0.1, 0.15) is 0 Å². The van der Waals surface area contributed by atoms with Crippen molar-refractivity contribution in [2.24, 2.45) is 4.99 Å². The zero-order chi connectivity index (χ0) is 18.5. The van der Waals surface area contributed by atoms with Gasteiger partial charge in [-0.05, 0) is 30.3 Å². The number of benzene rings is 1. The highest BCUT2D eigenvalue weighted by Gasteiger charge is 2.29. The van der Waals surface area contributed by atoms with Crippen molar-refractivity contribution >= 4 is 17.3 Å². The fourth-order valence-electron chi connectivity index (χ4n) is 3.23.